The van der Waals surface area contributed by atoms with Gasteiger partial charge in [-0.2, -0.15) is 4.31 Å². The number of thiol groups is 1. The summed E-state index contributed by atoms with van der Waals surface area (Å²) in [5.74, 6) is 0.777. The van der Waals surface area contributed by atoms with E-state index in [1.54, 1.807) is 19.2 Å². The van der Waals surface area contributed by atoms with Gasteiger partial charge in [-0.15, -0.1) is 0 Å². The first-order chi connectivity index (χ1) is 17.9. The van der Waals surface area contributed by atoms with Gasteiger partial charge in [-0.1, -0.05) is 24.3 Å². The monoisotopic (exact) mass is 534 g/mol. The van der Waals surface area contributed by atoms with Crippen LogP contribution in [0, 0.1) is 5.82 Å². The molecule has 0 spiro atoms. The minimum Gasteiger partial charge on any atom is -0.497 e. The first kappa shape index (κ1) is 27.3. The molecule has 0 unspecified atom stereocenters. The summed E-state index contributed by atoms with van der Waals surface area (Å²) < 4.78 is 50.8. The maximum Gasteiger partial charge on any atom is 0.407 e. The van der Waals surface area contributed by atoms with E-state index in [9.17, 15) is 22.7 Å². The molecule has 0 radical (unpaired) electrons. The Hall–Kier alpha value is -2.69. The van der Waals surface area contributed by atoms with Crippen molar-refractivity contribution in [3.8, 4) is 5.75 Å². The first-order valence-corrected chi connectivity index (χ1v) is 13.9. The molecule has 37 heavy (non-hydrogen) atoms. The number of methoxy groups -OCH3 is 1. The van der Waals surface area contributed by atoms with Crippen LogP contribution in [0.1, 0.15) is 49.1 Å². The predicted octanol–water partition coefficient (Wildman–Crippen LogP) is 4.07. The molecule has 1 amide bonds. The summed E-state index contributed by atoms with van der Waals surface area (Å²) >= 11 is 0. The van der Waals surface area contributed by atoms with Crippen molar-refractivity contribution in [2.24, 2.45) is 0 Å². The maximum absolute atomic E-state index is 13.6. The van der Waals surface area contributed by atoms with Crippen molar-refractivity contribution in [3.63, 3.8) is 0 Å². The minimum atomic E-state index is -2.90. The summed E-state index contributed by atoms with van der Waals surface area (Å²) in [4.78, 5) is 13.2. The molecular formula is C27H35FN2O6S. The molecule has 1 aliphatic heterocycles. The van der Waals surface area contributed by atoms with E-state index in [2.05, 4.69) is 0 Å². The molecule has 1 saturated carbocycles. The molecule has 1 N–H and O–H groups in total. The number of rotatable bonds is 10. The molecule has 2 aromatic carbocycles. The molecule has 2 fully saturated rings. The van der Waals surface area contributed by atoms with Crippen molar-refractivity contribution >= 4 is 17.0 Å². The number of halogens is 1. The van der Waals surface area contributed by atoms with Gasteiger partial charge in [0.05, 0.1) is 25.9 Å². The minimum absolute atomic E-state index is 0.0320. The smallest absolute Gasteiger partial charge is 0.407 e. The number of benzene rings is 2. The van der Waals surface area contributed by atoms with Gasteiger partial charge < -0.3 is 19.5 Å². The Morgan fingerprint density at radius 3 is 2.46 bits per heavy atom. The largest absolute Gasteiger partial charge is 0.497 e. The van der Waals surface area contributed by atoms with Crippen LogP contribution in [0.15, 0.2) is 48.5 Å². The molecule has 4 rings (SSSR count). The normalized spacial score (nSPS) is 24.1. The molecule has 1 heterocycles. The lowest BCUT2D eigenvalue weighted by Gasteiger charge is -2.34. The van der Waals surface area contributed by atoms with Crippen LogP contribution in [0.5, 0.6) is 5.75 Å². The molecule has 1 saturated heterocycles. The van der Waals surface area contributed by atoms with Crippen molar-refractivity contribution < 1.29 is 32.2 Å². The summed E-state index contributed by atoms with van der Waals surface area (Å²) in [6.45, 7) is 0.676. The van der Waals surface area contributed by atoms with Gasteiger partial charge in [0.25, 0.3) is 0 Å². The van der Waals surface area contributed by atoms with Crippen molar-refractivity contribution in [2.45, 2.75) is 62.6 Å². The molecule has 0 bridgehead atoms. The van der Waals surface area contributed by atoms with Crippen molar-refractivity contribution in [1.82, 2.24) is 9.21 Å². The number of hydrogen-bond donors (Lipinski definition) is 2. The molecule has 2 atom stereocenters. The average Bonchev–Trinajstić information content (AvgIpc) is 3.32. The zero-order chi connectivity index (χ0) is 26.4. The van der Waals surface area contributed by atoms with Crippen LogP contribution in [0.25, 0.3) is 0 Å². The SMILES string of the molecule is COc1ccc(CCN([C@H]2CCN(C(=O)O)[C@H]2CO[C@H]2CC[C@@H](c3cccc(F)c3)CC2)[SH](=O)=O)cc1. The summed E-state index contributed by atoms with van der Waals surface area (Å²) in [5, 5.41) is 9.76. The maximum atomic E-state index is 13.6. The number of nitrogens with zero attached hydrogens (tertiary/aromatic N) is 2. The zero-order valence-electron chi connectivity index (χ0n) is 21.0. The van der Waals surface area contributed by atoms with E-state index in [1.165, 1.54) is 15.3 Å². The van der Waals surface area contributed by atoms with Gasteiger partial charge in [-0.3, -0.25) is 0 Å². The van der Waals surface area contributed by atoms with Crippen LogP contribution in [0.4, 0.5) is 9.18 Å². The Morgan fingerprint density at radius 2 is 1.84 bits per heavy atom. The fourth-order valence-electron chi connectivity index (χ4n) is 5.59. The van der Waals surface area contributed by atoms with Crippen LogP contribution < -0.4 is 4.74 Å². The van der Waals surface area contributed by atoms with Gasteiger partial charge in [0.1, 0.15) is 11.6 Å². The standard InChI is InChI=1S/C27H35FN2O6S/c1-35-23-9-5-19(6-10-23)13-16-30(37(33)34)25-14-15-29(27(31)32)26(25)18-36-24-11-7-20(8-12-24)21-3-2-4-22(28)17-21/h2-6,9-10,17,20,24-26,37H,7-8,11-16,18H2,1H3,(H,31,32)/t20-,24+,25-,26-/m0/s1. The summed E-state index contributed by atoms with van der Waals surface area (Å²) in [6.07, 6.45) is 3.16. The molecule has 8 nitrogen and oxygen atoms in total. The van der Waals surface area contributed by atoms with Crippen molar-refractivity contribution in [3.05, 3.63) is 65.5 Å². The zero-order valence-corrected chi connectivity index (χ0v) is 21.9. The molecule has 10 heteroatoms. The summed E-state index contributed by atoms with van der Waals surface area (Å²) in [7, 11) is -1.31. The van der Waals surface area contributed by atoms with Gasteiger partial charge in [0, 0.05) is 19.1 Å². The molecule has 202 valence electrons. The van der Waals surface area contributed by atoms with Crippen molar-refractivity contribution in [1.29, 1.82) is 0 Å². The molecular weight excluding hydrogens is 499 g/mol. The summed E-state index contributed by atoms with van der Waals surface area (Å²) in [5.41, 5.74) is 1.97. The lowest BCUT2D eigenvalue weighted by Crippen LogP contribution is -2.49. The van der Waals surface area contributed by atoms with Gasteiger partial charge in [0.15, 0.2) is 0 Å². The second kappa shape index (κ2) is 12.7. The van der Waals surface area contributed by atoms with E-state index >= 15 is 0 Å². The Morgan fingerprint density at radius 1 is 1.11 bits per heavy atom. The Bertz CT molecular complexity index is 1110. The van der Waals surface area contributed by atoms with Gasteiger partial charge >= 0.3 is 6.09 Å². The Balaban J connectivity index is 1.36. The van der Waals surface area contributed by atoms with Crippen LogP contribution in [-0.2, 0) is 22.0 Å². The van der Waals surface area contributed by atoms with Crippen LogP contribution >= 0.6 is 0 Å². The van der Waals surface area contributed by atoms with Crippen molar-refractivity contribution in [2.75, 3.05) is 26.8 Å². The van der Waals surface area contributed by atoms with Gasteiger partial charge in [-0.25, -0.2) is 17.6 Å². The van der Waals surface area contributed by atoms with Crippen LogP contribution in [-0.4, -0.2) is 73.8 Å². The number of likely N-dealkylation sites (tertiary alicyclic amines) is 1. The van der Waals surface area contributed by atoms with Crippen LogP contribution in [0.3, 0.4) is 0 Å². The number of carboxylic acid groups (broad SMARTS) is 1. The fraction of sp³-hybridized carbons (Fsp3) is 0.519. The van der Waals surface area contributed by atoms with E-state index in [-0.39, 0.29) is 37.5 Å². The third kappa shape index (κ3) is 7.00. The second-order valence-corrected chi connectivity index (χ2v) is 10.7. The molecule has 1 aliphatic carbocycles. The van der Waals surface area contributed by atoms with Crippen LogP contribution in [0.2, 0.25) is 0 Å². The molecule has 2 aromatic rings. The van der Waals surface area contributed by atoms with E-state index in [0.717, 1.165) is 42.6 Å². The third-order valence-electron chi connectivity index (χ3n) is 7.63. The van der Waals surface area contributed by atoms with E-state index in [1.807, 2.05) is 30.3 Å². The average molecular weight is 535 g/mol. The lowest BCUT2D eigenvalue weighted by atomic mass is 9.82. The molecule has 2 aliphatic rings. The second-order valence-electron chi connectivity index (χ2n) is 9.76. The quantitative estimate of drug-likeness (QED) is 0.446. The van der Waals surface area contributed by atoms with E-state index in [4.69, 9.17) is 9.47 Å². The topological polar surface area (TPSA) is 96.4 Å². The van der Waals surface area contributed by atoms with Gasteiger partial charge in [-0.05, 0) is 79.8 Å². The molecule has 0 aromatic heterocycles. The highest BCUT2D eigenvalue weighted by molar-refractivity contribution is 7.69. The Kier molecular flexibility index (Phi) is 9.39. The third-order valence-corrected chi connectivity index (χ3v) is 8.55. The highest BCUT2D eigenvalue weighted by atomic mass is 32.2. The summed E-state index contributed by atoms with van der Waals surface area (Å²) in [6, 6.07) is 13.1. The van der Waals surface area contributed by atoms with E-state index < -0.39 is 29.1 Å². The number of hydrogen-bond acceptors (Lipinski definition) is 5. The highest BCUT2D eigenvalue weighted by Crippen LogP contribution is 2.35. The number of amides is 1. The first-order valence-electron chi connectivity index (χ1n) is 12.8. The highest BCUT2D eigenvalue weighted by Gasteiger charge is 2.42. The number of carbonyl (C=O) groups is 1. The Labute approximate surface area is 219 Å². The fourth-order valence-corrected chi connectivity index (χ4v) is 6.36. The van der Waals surface area contributed by atoms with Gasteiger partial charge in [0.2, 0.25) is 10.9 Å². The number of ether oxygens (including phenoxy) is 2. The lowest BCUT2D eigenvalue weighted by molar-refractivity contribution is -0.00910. The predicted molar refractivity (Wildman–Crippen MR) is 138 cm³/mol. The van der Waals surface area contributed by atoms with E-state index in [0.29, 0.717) is 12.8 Å².